The average Bonchev–Trinajstić information content (AvgIpc) is 2.37. The zero-order valence-corrected chi connectivity index (χ0v) is 13.1. The molecule has 4 heteroatoms. The first-order valence-electron chi connectivity index (χ1n) is 7.85. The molecule has 3 atom stereocenters. The van der Waals surface area contributed by atoms with E-state index in [0.717, 1.165) is 39.0 Å². The molecule has 0 aromatic rings. The fraction of sp³-hybridized carbons (Fsp3) is 1.00. The molecule has 112 valence electrons. The number of likely N-dealkylation sites (N-methyl/N-ethyl adjacent to an activating group) is 1. The van der Waals surface area contributed by atoms with Gasteiger partial charge in [-0.2, -0.15) is 0 Å². The lowest BCUT2D eigenvalue weighted by Gasteiger charge is -2.53. The second-order valence-corrected chi connectivity index (χ2v) is 6.52. The maximum atomic E-state index is 6.20. The predicted octanol–water partition coefficient (Wildman–Crippen LogP) is 1.30. The third kappa shape index (κ3) is 3.13. The van der Waals surface area contributed by atoms with Crippen molar-refractivity contribution in [2.75, 3.05) is 32.7 Å². The van der Waals surface area contributed by atoms with Crippen LogP contribution in [0.1, 0.15) is 40.5 Å². The first kappa shape index (κ1) is 15.2. The second kappa shape index (κ2) is 6.08. The van der Waals surface area contributed by atoms with Crippen LogP contribution in [0.25, 0.3) is 0 Å². The highest BCUT2D eigenvalue weighted by atomic mass is 16.5. The van der Waals surface area contributed by atoms with Gasteiger partial charge in [-0.3, -0.25) is 9.80 Å². The first-order valence-corrected chi connectivity index (χ1v) is 7.85. The zero-order valence-electron chi connectivity index (χ0n) is 13.1. The fourth-order valence-corrected chi connectivity index (χ4v) is 4.10. The number of nitrogens with zero attached hydrogens (tertiary/aromatic N) is 2. The first-order chi connectivity index (χ1) is 9.00. The van der Waals surface area contributed by atoms with Crippen LogP contribution in [0, 0.1) is 0 Å². The van der Waals surface area contributed by atoms with Crippen molar-refractivity contribution in [1.29, 1.82) is 0 Å². The van der Waals surface area contributed by atoms with E-state index in [4.69, 9.17) is 10.5 Å². The summed E-state index contributed by atoms with van der Waals surface area (Å²) in [5.74, 6) is 0. The van der Waals surface area contributed by atoms with Gasteiger partial charge in [-0.1, -0.05) is 6.92 Å². The molecule has 2 fully saturated rings. The van der Waals surface area contributed by atoms with Gasteiger partial charge >= 0.3 is 0 Å². The minimum absolute atomic E-state index is 0.158. The van der Waals surface area contributed by atoms with E-state index in [9.17, 15) is 0 Å². The second-order valence-electron chi connectivity index (χ2n) is 6.52. The molecular weight excluding hydrogens is 238 g/mol. The molecule has 0 radical (unpaired) electrons. The Hall–Kier alpha value is -0.160. The van der Waals surface area contributed by atoms with Gasteiger partial charge in [-0.25, -0.2) is 0 Å². The van der Waals surface area contributed by atoms with Gasteiger partial charge in [-0.05, 0) is 40.2 Å². The minimum Gasteiger partial charge on any atom is -0.375 e. The molecule has 2 saturated heterocycles. The summed E-state index contributed by atoms with van der Waals surface area (Å²) in [5.41, 5.74) is 6.35. The maximum Gasteiger partial charge on any atom is 0.0568 e. The number of nitrogens with two attached hydrogens (primary N) is 1. The van der Waals surface area contributed by atoms with E-state index >= 15 is 0 Å². The van der Waals surface area contributed by atoms with Crippen molar-refractivity contribution in [3.05, 3.63) is 0 Å². The van der Waals surface area contributed by atoms with Gasteiger partial charge in [0.05, 0.1) is 12.2 Å². The van der Waals surface area contributed by atoms with Crippen molar-refractivity contribution >= 4 is 0 Å². The highest BCUT2D eigenvalue weighted by molar-refractivity contribution is 5.00. The van der Waals surface area contributed by atoms with Gasteiger partial charge in [-0.15, -0.1) is 0 Å². The highest BCUT2D eigenvalue weighted by Gasteiger charge is 2.43. The van der Waals surface area contributed by atoms with Crippen LogP contribution in [0.5, 0.6) is 0 Å². The van der Waals surface area contributed by atoms with E-state index < -0.39 is 0 Å². The fourth-order valence-electron chi connectivity index (χ4n) is 4.10. The largest absolute Gasteiger partial charge is 0.375 e. The molecule has 2 heterocycles. The average molecular weight is 269 g/mol. The molecule has 3 unspecified atom stereocenters. The Bertz CT molecular complexity index is 287. The molecule has 4 nitrogen and oxygen atoms in total. The molecule has 2 aliphatic rings. The molecule has 0 aliphatic carbocycles. The zero-order chi connectivity index (χ0) is 14.0. The Balaban J connectivity index is 2.09. The van der Waals surface area contributed by atoms with Gasteiger partial charge in [0.2, 0.25) is 0 Å². The van der Waals surface area contributed by atoms with Gasteiger partial charge in [0, 0.05) is 37.8 Å². The third-order valence-electron chi connectivity index (χ3n) is 5.02. The van der Waals surface area contributed by atoms with E-state index in [-0.39, 0.29) is 5.54 Å². The van der Waals surface area contributed by atoms with Crippen LogP contribution in [-0.2, 0) is 4.74 Å². The van der Waals surface area contributed by atoms with E-state index in [1.54, 1.807) is 0 Å². The molecule has 0 saturated carbocycles. The van der Waals surface area contributed by atoms with Crippen molar-refractivity contribution < 1.29 is 4.74 Å². The van der Waals surface area contributed by atoms with Crippen LogP contribution < -0.4 is 5.73 Å². The molecule has 0 aromatic carbocycles. The van der Waals surface area contributed by atoms with Gasteiger partial charge in [0.1, 0.15) is 0 Å². The Labute approximate surface area is 118 Å². The molecule has 0 aromatic heterocycles. The summed E-state index contributed by atoms with van der Waals surface area (Å²) in [6, 6.07) is 0.635. The van der Waals surface area contributed by atoms with E-state index in [1.165, 1.54) is 6.54 Å². The summed E-state index contributed by atoms with van der Waals surface area (Å²) in [6.45, 7) is 14.3. The van der Waals surface area contributed by atoms with Crippen molar-refractivity contribution in [2.45, 2.75) is 64.3 Å². The van der Waals surface area contributed by atoms with Crippen LogP contribution in [-0.4, -0.2) is 66.3 Å². The minimum atomic E-state index is 0.158. The molecule has 2 aliphatic heterocycles. The molecule has 0 spiro atoms. The van der Waals surface area contributed by atoms with Crippen LogP contribution in [0.15, 0.2) is 0 Å². The molecule has 2 N–H and O–H groups in total. The van der Waals surface area contributed by atoms with Gasteiger partial charge in [0.15, 0.2) is 0 Å². The third-order valence-corrected chi connectivity index (χ3v) is 5.02. The normalized spacial score (nSPS) is 42.5. The summed E-state index contributed by atoms with van der Waals surface area (Å²) in [4.78, 5) is 5.21. The Morgan fingerprint density at radius 3 is 2.26 bits per heavy atom. The van der Waals surface area contributed by atoms with Crippen LogP contribution in [0.4, 0.5) is 0 Å². The molecule has 0 bridgehead atoms. The number of piperazine rings is 1. The number of hydrogen-bond donors (Lipinski definition) is 1. The molecule has 2 rings (SSSR count). The molecule has 0 amide bonds. The Morgan fingerprint density at radius 1 is 1.16 bits per heavy atom. The van der Waals surface area contributed by atoms with Crippen molar-refractivity contribution in [2.24, 2.45) is 5.73 Å². The topological polar surface area (TPSA) is 41.7 Å². The van der Waals surface area contributed by atoms with Crippen molar-refractivity contribution in [3.8, 4) is 0 Å². The van der Waals surface area contributed by atoms with Crippen LogP contribution >= 0.6 is 0 Å². The maximum absolute atomic E-state index is 6.20. The van der Waals surface area contributed by atoms with Gasteiger partial charge < -0.3 is 10.5 Å². The number of hydrogen-bond acceptors (Lipinski definition) is 4. The van der Waals surface area contributed by atoms with Crippen LogP contribution in [0.2, 0.25) is 0 Å². The highest BCUT2D eigenvalue weighted by Crippen LogP contribution is 2.34. The van der Waals surface area contributed by atoms with E-state index in [0.29, 0.717) is 18.2 Å². The molecule has 19 heavy (non-hydrogen) atoms. The summed E-state index contributed by atoms with van der Waals surface area (Å²) in [7, 11) is 0. The Kier molecular flexibility index (Phi) is 4.88. The lowest BCUT2D eigenvalue weighted by atomic mass is 9.81. The van der Waals surface area contributed by atoms with Crippen molar-refractivity contribution in [1.82, 2.24) is 9.80 Å². The van der Waals surface area contributed by atoms with Crippen LogP contribution in [0.3, 0.4) is 0 Å². The quantitative estimate of drug-likeness (QED) is 0.838. The molecular formula is C15H31N3O. The monoisotopic (exact) mass is 269 g/mol. The lowest BCUT2D eigenvalue weighted by molar-refractivity contribution is -0.115. The SMILES string of the molecule is CCN1CCN(C2(CN)CC(C)OC(C)C2)CC1C. The van der Waals surface area contributed by atoms with Crippen molar-refractivity contribution in [3.63, 3.8) is 0 Å². The number of rotatable bonds is 3. The Morgan fingerprint density at radius 2 is 1.79 bits per heavy atom. The lowest BCUT2D eigenvalue weighted by Crippen LogP contribution is -2.65. The van der Waals surface area contributed by atoms with E-state index in [2.05, 4.69) is 37.5 Å². The van der Waals surface area contributed by atoms with Gasteiger partial charge in [0.25, 0.3) is 0 Å². The smallest absolute Gasteiger partial charge is 0.0568 e. The summed E-state index contributed by atoms with van der Waals surface area (Å²) >= 11 is 0. The summed E-state index contributed by atoms with van der Waals surface area (Å²) in [5, 5.41) is 0. The summed E-state index contributed by atoms with van der Waals surface area (Å²) in [6.07, 6.45) is 2.80. The predicted molar refractivity (Wildman–Crippen MR) is 79.3 cm³/mol. The standard InChI is InChI=1S/C15H31N3O/c1-5-17-6-7-18(10-12(17)2)15(11-16)8-13(3)19-14(4)9-15/h12-14H,5-11,16H2,1-4H3. The number of ether oxygens (including phenoxy) is 1. The van der Waals surface area contributed by atoms with E-state index in [1.807, 2.05) is 0 Å². The summed E-state index contributed by atoms with van der Waals surface area (Å²) < 4.78 is 5.91.